The first kappa shape index (κ1) is 14.6. The molecule has 0 atom stereocenters. The van der Waals surface area contributed by atoms with Crippen molar-refractivity contribution in [3.8, 4) is 6.07 Å². The molecule has 106 valence electrons. The number of anilines is 2. The van der Waals surface area contributed by atoms with Crippen LogP contribution in [0.3, 0.4) is 0 Å². The Bertz CT molecular complexity index is 697. The summed E-state index contributed by atoms with van der Waals surface area (Å²) in [4.78, 5) is 12.5. The van der Waals surface area contributed by atoms with E-state index in [1.165, 1.54) is 0 Å². The Morgan fingerprint density at radius 3 is 2.48 bits per heavy atom. The number of amides is 1. The molecule has 0 aliphatic carbocycles. The van der Waals surface area contributed by atoms with E-state index in [9.17, 15) is 4.79 Å². The number of nitrogens with zero attached hydrogens (tertiary/aromatic N) is 1. The third-order valence-electron chi connectivity index (χ3n) is 3.45. The molecule has 0 spiro atoms. The summed E-state index contributed by atoms with van der Waals surface area (Å²) >= 11 is 0. The molecule has 21 heavy (non-hydrogen) atoms. The fourth-order valence-electron chi connectivity index (χ4n) is 1.98. The lowest BCUT2D eigenvalue weighted by atomic mass is 9.83. The Labute approximate surface area is 124 Å². The maximum Gasteiger partial charge on any atom is 0.234 e. The molecule has 4 heteroatoms. The molecule has 0 unspecified atom stereocenters. The molecular formula is C17H17N3O. The topological polar surface area (TPSA) is 78.9 Å². The van der Waals surface area contributed by atoms with Crippen LogP contribution in [0.15, 0.2) is 48.5 Å². The van der Waals surface area contributed by atoms with E-state index < -0.39 is 5.41 Å². The van der Waals surface area contributed by atoms with Crippen molar-refractivity contribution in [2.45, 2.75) is 19.3 Å². The molecular weight excluding hydrogens is 262 g/mol. The monoisotopic (exact) mass is 279 g/mol. The zero-order valence-corrected chi connectivity index (χ0v) is 12.1. The van der Waals surface area contributed by atoms with Crippen LogP contribution in [-0.2, 0) is 10.2 Å². The van der Waals surface area contributed by atoms with Crippen LogP contribution in [0.2, 0.25) is 0 Å². The Kier molecular flexibility index (Phi) is 3.95. The fraction of sp³-hybridized carbons (Fsp3) is 0.176. The fourth-order valence-corrected chi connectivity index (χ4v) is 1.98. The van der Waals surface area contributed by atoms with Crippen LogP contribution in [0, 0.1) is 11.3 Å². The van der Waals surface area contributed by atoms with Gasteiger partial charge in [-0.2, -0.15) is 5.26 Å². The van der Waals surface area contributed by atoms with Gasteiger partial charge in [-0.15, -0.1) is 0 Å². The summed E-state index contributed by atoms with van der Waals surface area (Å²) in [6.45, 7) is 3.70. The first-order valence-electron chi connectivity index (χ1n) is 6.61. The normalized spacial score (nSPS) is 10.7. The minimum atomic E-state index is -0.698. The van der Waals surface area contributed by atoms with Crippen molar-refractivity contribution in [3.05, 3.63) is 59.7 Å². The number of rotatable bonds is 3. The van der Waals surface area contributed by atoms with E-state index in [4.69, 9.17) is 11.0 Å². The maximum absolute atomic E-state index is 12.5. The summed E-state index contributed by atoms with van der Waals surface area (Å²) in [6.07, 6.45) is 0. The largest absolute Gasteiger partial charge is 0.399 e. The van der Waals surface area contributed by atoms with Crippen molar-refractivity contribution in [3.63, 3.8) is 0 Å². The van der Waals surface area contributed by atoms with Crippen molar-refractivity contribution in [2.75, 3.05) is 11.1 Å². The van der Waals surface area contributed by atoms with Crippen LogP contribution >= 0.6 is 0 Å². The van der Waals surface area contributed by atoms with E-state index in [1.54, 1.807) is 36.4 Å². The minimum Gasteiger partial charge on any atom is -0.399 e. The Morgan fingerprint density at radius 1 is 1.19 bits per heavy atom. The average molecular weight is 279 g/mol. The smallest absolute Gasteiger partial charge is 0.234 e. The number of nitrogens with one attached hydrogen (secondary N) is 1. The molecule has 0 aliphatic rings. The number of nitrogen functional groups attached to an aromatic ring is 1. The van der Waals surface area contributed by atoms with Crippen LogP contribution in [0.25, 0.3) is 0 Å². The molecule has 2 aromatic carbocycles. The van der Waals surface area contributed by atoms with Gasteiger partial charge in [0.15, 0.2) is 0 Å². The zero-order valence-electron chi connectivity index (χ0n) is 12.1. The molecule has 0 saturated heterocycles. The van der Waals surface area contributed by atoms with E-state index in [0.717, 1.165) is 5.56 Å². The number of hydrogen-bond acceptors (Lipinski definition) is 3. The van der Waals surface area contributed by atoms with Crippen LogP contribution < -0.4 is 11.1 Å². The van der Waals surface area contributed by atoms with Gasteiger partial charge in [0.2, 0.25) is 5.91 Å². The summed E-state index contributed by atoms with van der Waals surface area (Å²) in [5.74, 6) is -0.137. The van der Waals surface area contributed by atoms with E-state index in [-0.39, 0.29) is 5.91 Å². The number of nitriles is 1. The maximum atomic E-state index is 12.5. The van der Waals surface area contributed by atoms with Crippen molar-refractivity contribution in [2.24, 2.45) is 0 Å². The van der Waals surface area contributed by atoms with Crippen molar-refractivity contribution in [1.82, 2.24) is 0 Å². The summed E-state index contributed by atoms with van der Waals surface area (Å²) in [5, 5.41) is 11.7. The summed E-state index contributed by atoms with van der Waals surface area (Å²) in [6, 6.07) is 16.2. The predicted molar refractivity (Wildman–Crippen MR) is 83.7 cm³/mol. The number of carbonyl (C=O) groups is 1. The number of carbonyl (C=O) groups excluding carboxylic acids is 1. The standard InChI is InChI=1S/C17H17N3O/c1-17(2,13-6-8-14(19)9-7-13)16(21)20-15-5-3-4-12(10-15)11-18/h3-10H,19H2,1-2H3,(H,20,21). The molecule has 2 aromatic rings. The highest BCUT2D eigenvalue weighted by atomic mass is 16.2. The van der Waals surface area contributed by atoms with Gasteiger partial charge in [0.1, 0.15) is 0 Å². The molecule has 0 radical (unpaired) electrons. The molecule has 2 rings (SSSR count). The van der Waals surface area contributed by atoms with Gasteiger partial charge < -0.3 is 11.1 Å². The first-order valence-corrected chi connectivity index (χ1v) is 6.61. The molecule has 0 saturated carbocycles. The highest BCUT2D eigenvalue weighted by molar-refractivity contribution is 5.98. The van der Waals surface area contributed by atoms with Crippen LogP contribution in [0.5, 0.6) is 0 Å². The van der Waals surface area contributed by atoms with Gasteiger partial charge in [0.25, 0.3) is 0 Å². The van der Waals surface area contributed by atoms with Crippen LogP contribution in [0.1, 0.15) is 25.0 Å². The second-order valence-corrected chi connectivity index (χ2v) is 5.39. The molecule has 0 heterocycles. The van der Waals surface area contributed by atoms with Gasteiger partial charge in [0, 0.05) is 11.4 Å². The van der Waals surface area contributed by atoms with E-state index in [0.29, 0.717) is 16.9 Å². The van der Waals surface area contributed by atoms with Crippen LogP contribution in [0.4, 0.5) is 11.4 Å². The number of hydrogen-bond donors (Lipinski definition) is 2. The molecule has 0 fully saturated rings. The summed E-state index contributed by atoms with van der Waals surface area (Å²) < 4.78 is 0. The van der Waals surface area contributed by atoms with E-state index in [1.807, 2.05) is 26.0 Å². The number of benzene rings is 2. The second-order valence-electron chi connectivity index (χ2n) is 5.39. The van der Waals surface area contributed by atoms with Gasteiger partial charge in [-0.05, 0) is 49.7 Å². The van der Waals surface area contributed by atoms with E-state index in [2.05, 4.69) is 11.4 Å². The molecule has 0 bridgehead atoms. The Morgan fingerprint density at radius 2 is 1.86 bits per heavy atom. The lowest BCUT2D eigenvalue weighted by Gasteiger charge is -2.24. The molecule has 4 nitrogen and oxygen atoms in total. The summed E-state index contributed by atoms with van der Waals surface area (Å²) in [7, 11) is 0. The highest BCUT2D eigenvalue weighted by Gasteiger charge is 2.29. The van der Waals surface area contributed by atoms with Crippen LogP contribution in [-0.4, -0.2) is 5.91 Å². The summed E-state index contributed by atoms with van der Waals surface area (Å²) in [5.41, 5.74) is 7.64. The molecule has 0 aromatic heterocycles. The quantitative estimate of drug-likeness (QED) is 0.847. The Hall–Kier alpha value is -2.80. The van der Waals surface area contributed by atoms with Crippen molar-refractivity contribution in [1.29, 1.82) is 5.26 Å². The SMILES string of the molecule is CC(C)(C(=O)Nc1cccc(C#N)c1)c1ccc(N)cc1. The van der Waals surface area contributed by atoms with Crippen molar-refractivity contribution < 1.29 is 4.79 Å². The predicted octanol–water partition coefficient (Wildman–Crippen LogP) is 3.06. The lowest BCUT2D eigenvalue weighted by Crippen LogP contribution is -2.34. The minimum absolute atomic E-state index is 0.137. The van der Waals surface area contributed by atoms with Gasteiger partial charge in [-0.3, -0.25) is 4.79 Å². The highest BCUT2D eigenvalue weighted by Crippen LogP contribution is 2.26. The lowest BCUT2D eigenvalue weighted by molar-refractivity contribution is -0.120. The third-order valence-corrected chi connectivity index (χ3v) is 3.45. The van der Waals surface area contributed by atoms with Gasteiger partial charge in [-0.1, -0.05) is 18.2 Å². The van der Waals surface area contributed by atoms with Gasteiger partial charge in [-0.25, -0.2) is 0 Å². The molecule has 0 aliphatic heterocycles. The van der Waals surface area contributed by atoms with Crippen molar-refractivity contribution >= 4 is 17.3 Å². The number of nitrogens with two attached hydrogens (primary N) is 1. The molecule has 1 amide bonds. The third kappa shape index (κ3) is 3.21. The Balaban J connectivity index is 2.22. The zero-order chi connectivity index (χ0) is 15.5. The van der Waals surface area contributed by atoms with Gasteiger partial charge in [0.05, 0.1) is 17.0 Å². The molecule has 3 N–H and O–H groups in total. The van der Waals surface area contributed by atoms with E-state index >= 15 is 0 Å². The first-order chi connectivity index (χ1) is 9.93. The van der Waals surface area contributed by atoms with Gasteiger partial charge >= 0.3 is 0 Å². The second kappa shape index (κ2) is 5.68. The average Bonchev–Trinajstić information content (AvgIpc) is 2.48.